The van der Waals surface area contributed by atoms with Gasteiger partial charge in [0.15, 0.2) is 5.96 Å². The van der Waals surface area contributed by atoms with Crippen molar-refractivity contribution in [3.8, 4) is 0 Å². The van der Waals surface area contributed by atoms with Crippen LogP contribution >= 0.6 is 0 Å². The van der Waals surface area contributed by atoms with E-state index in [1.807, 2.05) is 24.3 Å². The van der Waals surface area contributed by atoms with E-state index in [0.717, 1.165) is 16.5 Å². The number of fused-ring (bicyclic) bond motifs is 1. The zero-order valence-electron chi connectivity index (χ0n) is 24.3. The number of nitrogens with zero attached hydrogens (tertiary/aromatic N) is 1. The zero-order valence-corrected chi connectivity index (χ0v) is 24.3. The van der Waals surface area contributed by atoms with Crippen LogP contribution in [0.5, 0.6) is 0 Å². The number of carboxylic acids is 1. The smallest absolute Gasteiger partial charge is 0.326 e. The van der Waals surface area contributed by atoms with Crippen molar-refractivity contribution in [1.29, 1.82) is 0 Å². The van der Waals surface area contributed by atoms with Gasteiger partial charge in [0.1, 0.15) is 18.1 Å². The van der Waals surface area contributed by atoms with Crippen molar-refractivity contribution in [1.82, 2.24) is 20.9 Å². The van der Waals surface area contributed by atoms with E-state index < -0.39 is 53.8 Å². The number of carbonyl (C=O) groups excluding carboxylic acids is 3. The van der Waals surface area contributed by atoms with Crippen LogP contribution in [0.25, 0.3) is 10.9 Å². The van der Waals surface area contributed by atoms with Gasteiger partial charge in [-0.25, -0.2) is 4.79 Å². The minimum absolute atomic E-state index is 0.0565. The summed E-state index contributed by atoms with van der Waals surface area (Å²) in [5, 5.41) is 18.5. The highest BCUT2D eigenvalue weighted by Crippen LogP contribution is 2.19. The van der Waals surface area contributed by atoms with Crippen LogP contribution in [-0.2, 0) is 25.6 Å². The number of guanidine groups is 1. The maximum absolute atomic E-state index is 13.5. The van der Waals surface area contributed by atoms with Crippen molar-refractivity contribution in [2.24, 2.45) is 33.8 Å². The molecule has 14 nitrogen and oxygen atoms in total. The zero-order chi connectivity index (χ0) is 31.2. The highest BCUT2D eigenvalue weighted by Gasteiger charge is 2.31. The normalized spacial score (nSPS) is 14.0. The lowest BCUT2D eigenvalue weighted by molar-refractivity contribution is -0.143. The molecule has 0 fully saturated rings. The molecule has 0 saturated heterocycles. The van der Waals surface area contributed by atoms with Crippen molar-refractivity contribution < 1.29 is 24.3 Å². The lowest BCUT2D eigenvalue weighted by Crippen LogP contribution is -2.58. The number of hydrogen-bond acceptors (Lipinski definition) is 7. The average Bonchev–Trinajstić information content (AvgIpc) is 3.35. The number of carboxylic acid groups (broad SMARTS) is 1. The third-order valence-corrected chi connectivity index (χ3v) is 6.85. The van der Waals surface area contributed by atoms with Gasteiger partial charge in [-0.2, -0.15) is 0 Å². The van der Waals surface area contributed by atoms with Gasteiger partial charge in [-0.1, -0.05) is 32.0 Å². The predicted octanol–water partition coefficient (Wildman–Crippen LogP) is -0.585. The molecule has 42 heavy (non-hydrogen) atoms. The van der Waals surface area contributed by atoms with E-state index in [2.05, 4.69) is 25.9 Å². The molecule has 0 bridgehead atoms. The van der Waals surface area contributed by atoms with Gasteiger partial charge in [0, 0.05) is 30.1 Å². The van der Waals surface area contributed by atoms with Gasteiger partial charge in [-0.05, 0) is 56.2 Å². The molecule has 4 unspecified atom stereocenters. The number of aromatic amines is 1. The number of amides is 3. The topological polar surface area (TPSA) is 257 Å². The molecule has 0 saturated carbocycles. The number of hydrogen-bond donors (Lipinski definition) is 9. The molecule has 0 spiro atoms. The fourth-order valence-corrected chi connectivity index (χ4v) is 4.46. The molecule has 3 amide bonds. The van der Waals surface area contributed by atoms with Crippen LogP contribution in [0.1, 0.15) is 51.5 Å². The number of carbonyl (C=O) groups is 4. The van der Waals surface area contributed by atoms with Crippen molar-refractivity contribution in [2.45, 2.75) is 76.5 Å². The van der Waals surface area contributed by atoms with Crippen molar-refractivity contribution in [2.75, 3.05) is 13.1 Å². The summed E-state index contributed by atoms with van der Waals surface area (Å²) in [6.45, 7) is 4.07. The number of unbranched alkanes of at least 4 members (excludes halogenated alkanes) is 1. The second kappa shape index (κ2) is 16.9. The fourth-order valence-electron chi connectivity index (χ4n) is 4.46. The van der Waals surface area contributed by atoms with E-state index in [0.29, 0.717) is 32.4 Å². The van der Waals surface area contributed by atoms with Gasteiger partial charge < -0.3 is 49.0 Å². The number of H-pyrrole nitrogens is 1. The first-order valence-corrected chi connectivity index (χ1v) is 14.1. The van der Waals surface area contributed by atoms with Gasteiger partial charge in [0.25, 0.3) is 0 Å². The molecule has 1 heterocycles. The van der Waals surface area contributed by atoms with E-state index in [9.17, 15) is 24.3 Å². The molecular formula is C28H45N9O5. The average molecular weight is 588 g/mol. The molecule has 2 aromatic rings. The van der Waals surface area contributed by atoms with Crippen LogP contribution in [0.15, 0.2) is 35.5 Å². The third-order valence-electron chi connectivity index (χ3n) is 6.85. The van der Waals surface area contributed by atoms with Crippen LogP contribution in [0.4, 0.5) is 0 Å². The molecule has 13 N–H and O–H groups in total. The van der Waals surface area contributed by atoms with Crippen LogP contribution in [0.3, 0.4) is 0 Å². The monoisotopic (exact) mass is 587 g/mol. The first-order chi connectivity index (χ1) is 19.9. The number of nitrogens with one attached hydrogen (secondary N) is 4. The van der Waals surface area contributed by atoms with Crippen molar-refractivity contribution in [3.63, 3.8) is 0 Å². The maximum atomic E-state index is 13.5. The van der Waals surface area contributed by atoms with Crippen LogP contribution in [-0.4, -0.2) is 77.0 Å². The van der Waals surface area contributed by atoms with Crippen LogP contribution in [0.2, 0.25) is 0 Å². The molecule has 2 rings (SSSR count). The third kappa shape index (κ3) is 10.7. The Hall–Kier alpha value is -4.17. The summed E-state index contributed by atoms with van der Waals surface area (Å²) in [7, 11) is 0. The van der Waals surface area contributed by atoms with Crippen molar-refractivity contribution in [3.05, 3.63) is 36.0 Å². The number of rotatable bonds is 18. The molecule has 1 aromatic heterocycles. The Bertz CT molecular complexity index is 1230. The van der Waals surface area contributed by atoms with Gasteiger partial charge in [0.2, 0.25) is 17.7 Å². The first kappa shape index (κ1) is 34.0. The number of aliphatic carboxylic acids is 1. The summed E-state index contributed by atoms with van der Waals surface area (Å²) in [5.74, 6) is -3.42. The molecule has 1 aromatic carbocycles. The van der Waals surface area contributed by atoms with Crippen LogP contribution in [0, 0.1) is 5.92 Å². The Balaban J connectivity index is 2.25. The number of benzene rings is 1. The predicted molar refractivity (Wildman–Crippen MR) is 161 cm³/mol. The Morgan fingerprint density at radius 3 is 2.24 bits per heavy atom. The van der Waals surface area contributed by atoms with Gasteiger partial charge >= 0.3 is 5.97 Å². The summed E-state index contributed by atoms with van der Waals surface area (Å²) in [6.07, 6.45) is 4.01. The number of aliphatic imine (C=N–C) groups is 1. The van der Waals surface area contributed by atoms with Gasteiger partial charge in [-0.15, -0.1) is 0 Å². The molecule has 0 radical (unpaired) electrons. The fraction of sp³-hybridized carbons (Fsp3) is 0.536. The lowest BCUT2D eigenvalue weighted by atomic mass is 10.0. The van der Waals surface area contributed by atoms with E-state index >= 15 is 0 Å². The van der Waals surface area contributed by atoms with E-state index in [1.165, 1.54) is 0 Å². The minimum Gasteiger partial charge on any atom is -0.480 e. The summed E-state index contributed by atoms with van der Waals surface area (Å²) < 4.78 is 0. The Labute approximate surface area is 245 Å². The van der Waals surface area contributed by atoms with Gasteiger partial charge in [-0.3, -0.25) is 19.4 Å². The quantitative estimate of drug-likeness (QED) is 0.0613. The highest BCUT2D eigenvalue weighted by atomic mass is 16.4. The largest absolute Gasteiger partial charge is 0.480 e. The summed E-state index contributed by atoms with van der Waals surface area (Å²) in [6, 6.07) is 3.32. The number of nitrogens with two attached hydrogens (primary N) is 4. The number of aromatic nitrogens is 1. The van der Waals surface area contributed by atoms with E-state index in [1.54, 1.807) is 20.0 Å². The van der Waals surface area contributed by atoms with Crippen molar-refractivity contribution >= 4 is 40.6 Å². The number of para-hydroxylation sites is 1. The second-order valence-electron chi connectivity index (χ2n) is 10.6. The second-order valence-corrected chi connectivity index (χ2v) is 10.6. The standard InChI is InChI=1S/C28H45N9O5/c1-16(2)23(27(41)42)37-26(40)22(14-17-15-34-20-10-4-3-8-18(17)20)36-25(39)21(11-5-6-12-29)35-24(38)19(30)9-7-13-33-28(31)32/h3-4,8,10,15-16,19,21-23,34H,5-7,9,11-14,29-30H2,1-2H3,(H,35,38)(H,36,39)(H,37,40)(H,41,42)(H4,31,32,33). The first-order valence-electron chi connectivity index (χ1n) is 14.1. The van der Waals surface area contributed by atoms with Gasteiger partial charge in [0.05, 0.1) is 6.04 Å². The van der Waals surface area contributed by atoms with E-state index in [-0.39, 0.29) is 25.2 Å². The highest BCUT2D eigenvalue weighted by molar-refractivity contribution is 5.95. The molecule has 0 aliphatic heterocycles. The summed E-state index contributed by atoms with van der Waals surface area (Å²) >= 11 is 0. The molecule has 14 heteroatoms. The summed E-state index contributed by atoms with van der Waals surface area (Å²) in [4.78, 5) is 58.6. The van der Waals surface area contributed by atoms with E-state index in [4.69, 9.17) is 22.9 Å². The Morgan fingerprint density at radius 1 is 0.929 bits per heavy atom. The maximum Gasteiger partial charge on any atom is 0.326 e. The lowest BCUT2D eigenvalue weighted by Gasteiger charge is -2.26. The Morgan fingerprint density at radius 2 is 1.60 bits per heavy atom. The summed E-state index contributed by atoms with van der Waals surface area (Å²) in [5.41, 5.74) is 23.9. The molecule has 4 atom stereocenters. The molecule has 0 aliphatic carbocycles. The molecule has 0 aliphatic rings. The SMILES string of the molecule is CC(C)C(NC(=O)C(Cc1c[nH]c2ccccc12)NC(=O)C(CCCCN)NC(=O)C(N)CCCN=C(N)N)C(=O)O. The molecular weight excluding hydrogens is 542 g/mol. The molecule has 232 valence electrons. The Kier molecular flexibility index (Phi) is 13.7. The van der Waals surface area contributed by atoms with Crippen LogP contribution < -0.4 is 38.9 Å². The minimum atomic E-state index is -1.18.